The minimum Gasteiger partial charge on any atom is -0.497 e. The van der Waals surface area contributed by atoms with Gasteiger partial charge in [0.2, 0.25) is 0 Å². The summed E-state index contributed by atoms with van der Waals surface area (Å²) in [5.41, 5.74) is 1.18. The highest BCUT2D eigenvalue weighted by atomic mass is 79.9. The van der Waals surface area contributed by atoms with Gasteiger partial charge >= 0.3 is 0 Å². The summed E-state index contributed by atoms with van der Waals surface area (Å²) in [4.78, 5) is 0. The van der Waals surface area contributed by atoms with Crippen LogP contribution in [0.15, 0.2) is 22.7 Å². The third-order valence-electron chi connectivity index (χ3n) is 2.50. The Bertz CT molecular complexity index is 384. The molecule has 3 heteroatoms. The fraction of sp³-hybridized carbons (Fsp3) is 0.385. The monoisotopic (exact) mass is 281 g/mol. The molecule has 1 aromatic carbocycles. The number of nitrogens with one attached hydrogen (secondary N) is 1. The first-order valence-electron chi connectivity index (χ1n) is 5.17. The lowest BCUT2D eigenvalue weighted by Crippen LogP contribution is -2.16. The van der Waals surface area contributed by atoms with E-state index in [4.69, 9.17) is 11.2 Å². The fourth-order valence-corrected chi connectivity index (χ4v) is 2.12. The highest BCUT2D eigenvalue weighted by Crippen LogP contribution is 2.29. The van der Waals surface area contributed by atoms with Crippen molar-refractivity contribution in [3.05, 3.63) is 28.2 Å². The molecule has 0 heterocycles. The first-order valence-corrected chi connectivity index (χ1v) is 5.96. The molecule has 1 atom stereocenters. The Balaban J connectivity index is 2.94. The van der Waals surface area contributed by atoms with Crippen molar-refractivity contribution in [2.24, 2.45) is 0 Å². The van der Waals surface area contributed by atoms with Gasteiger partial charge in [-0.25, -0.2) is 0 Å². The smallest absolute Gasteiger partial charge is 0.119 e. The zero-order valence-electron chi connectivity index (χ0n) is 9.59. The number of methoxy groups -OCH3 is 1. The number of rotatable bonds is 5. The minimum atomic E-state index is 0.250. The maximum Gasteiger partial charge on any atom is 0.119 e. The third kappa shape index (κ3) is 3.26. The van der Waals surface area contributed by atoms with Gasteiger partial charge in [0.25, 0.3) is 0 Å². The molecule has 0 fully saturated rings. The van der Waals surface area contributed by atoms with Crippen molar-refractivity contribution >= 4 is 15.9 Å². The summed E-state index contributed by atoms with van der Waals surface area (Å²) in [5, 5.41) is 3.26. The minimum absolute atomic E-state index is 0.250. The molecule has 86 valence electrons. The normalized spacial score (nSPS) is 11.9. The van der Waals surface area contributed by atoms with Crippen LogP contribution in [0.2, 0.25) is 0 Å². The molecule has 0 saturated heterocycles. The molecule has 1 unspecified atom stereocenters. The van der Waals surface area contributed by atoms with Gasteiger partial charge in [0.05, 0.1) is 7.11 Å². The lowest BCUT2D eigenvalue weighted by molar-refractivity contribution is 0.412. The first kappa shape index (κ1) is 13.1. The van der Waals surface area contributed by atoms with Crippen molar-refractivity contribution in [1.82, 2.24) is 5.32 Å². The summed E-state index contributed by atoms with van der Waals surface area (Å²) >= 11 is 3.55. The van der Waals surface area contributed by atoms with Gasteiger partial charge in [0.15, 0.2) is 0 Å². The van der Waals surface area contributed by atoms with Gasteiger partial charge in [-0.05, 0) is 37.2 Å². The average molecular weight is 282 g/mol. The standard InChI is InChI=1S/C13H16BrNO/c1-4-5-6-13(15-2)11-9-10(16-3)7-8-12(11)14/h1,7-9,13,15H,5-6H2,2-3H3. The summed E-state index contributed by atoms with van der Waals surface area (Å²) < 4.78 is 6.29. The topological polar surface area (TPSA) is 21.3 Å². The summed E-state index contributed by atoms with van der Waals surface area (Å²) in [6.07, 6.45) is 6.96. The predicted molar refractivity (Wildman–Crippen MR) is 70.6 cm³/mol. The number of hydrogen-bond acceptors (Lipinski definition) is 2. The van der Waals surface area contributed by atoms with Crippen LogP contribution in [0.3, 0.4) is 0 Å². The lowest BCUT2D eigenvalue weighted by Gasteiger charge is -2.17. The Morgan fingerprint density at radius 3 is 2.88 bits per heavy atom. The van der Waals surface area contributed by atoms with Gasteiger partial charge in [0, 0.05) is 16.9 Å². The Kier molecular flexibility index (Phi) is 5.37. The van der Waals surface area contributed by atoms with Crippen molar-refractivity contribution in [3.63, 3.8) is 0 Å². The summed E-state index contributed by atoms with van der Waals surface area (Å²) in [6.45, 7) is 0. The van der Waals surface area contributed by atoms with E-state index in [1.807, 2.05) is 25.2 Å². The van der Waals surface area contributed by atoms with Crippen LogP contribution in [0.25, 0.3) is 0 Å². The SMILES string of the molecule is C#CCCC(NC)c1cc(OC)ccc1Br. The number of benzene rings is 1. The molecule has 0 saturated carbocycles. The molecule has 0 radical (unpaired) electrons. The molecule has 2 nitrogen and oxygen atoms in total. The summed E-state index contributed by atoms with van der Waals surface area (Å²) in [5.74, 6) is 3.52. The van der Waals surface area contributed by atoms with E-state index < -0.39 is 0 Å². The van der Waals surface area contributed by atoms with Crippen LogP contribution in [-0.4, -0.2) is 14.2 Å². The first-order chi connectivity index (χ1) is 7.72. The molecule has 0 amide bonds. The molecule has 1 aromatic rings. The van der Waals surface area contributed by atoms with Crippen molar-refractivity contribution in [3.8, 4) is 18.1 Å². The van der Waals surface area contributed by atoms with E-state index >= 15 is 0 Å². The number of terminal acetylenes is 1. The van der Waals surface area contributed by atoms with Gasteiger partial charge in [-0.3, -0.25) is 0 Å². The van der Waals surface area contributed by atoms with Crippen LogP contribution in [0.1, 0.15) is 24.4 Å². The number of halogens is 1. The van der Waals surface area contributed by atoms with Crippen LogP contribution < -0.4 is 10.1 Å². The van der Waals surface area contributed by atoms with Gasteiger partial charge in [-0.2, -0.15) is 0 Å². The predicted octanol–water partition coefficient (Wildman–Crippen LogP) is 3.13. The van der Waals surface area contributed by atoms with E-state index in [1.54, 1.807) is 7.11 Å². The van der Waals surface area contributed by atoms with Gasteiger partial charge in [-0.15, -0.1) is 12.3 Å². The van der Waals surface area contributed by atoms with Crippen LogP contribution >= 0.6 is 15.9 Å². The van der Waals surface area contributed by atoms with E-state index in [0.717, 1.165) is 23.1 Å². The Hall–Kier alpha value is -0.980. The zero-order valence-corrected chi connectivity index (χ0v) is 11.2. The molecule has 0 aliphatic rings. The Labute approximate surface area is 106 Å². The van der Waals surface area contributed by atoms with Crippen LogP contribution in [0, 0.1) is 12.3 Å². The molecular weight excluding hydrogens is 266 g/mol. The van der Waals surface area contributed by atoms with Crippen LogP contribution in [0.5, 0.6) is 5.75 Å². The van der Waals surface area contributed by atoms with Gasteiger partial charge in [0.1, 0.15) is 5.75 Å². The quantitative estimate of drug-likeness (QED) is 0.838. The molecule has 0 spiro atoms. The van der Waals surface area contributed by atoms with Crippen molar-refractivity contribution in [2.75, 3.05) is 14.2 Å². The maximum atomic E-state index is 5.29. The second-order valence-electron chi connectivity index (χ2n) is 3.47. The van der Waals surface area contributed by atoms with Crippen molar-refractivity contribution < 1.29 is 4.74 Å². The Morgan fingerprint density at radius 1 is 1.56 bits per heavy atom. The molecule has 0 aliphatic carbocycles. The van der Waals surface area contributed by atoms with E-state index in [9.17, 15) is 0 Å². The maximum absolute atomic E-state index is 5.29. The van der Waals surface area contributed by atoms with E-state index in [0.29, 0.717) is 0 Å². The summed E-state index contributed by atoms with van der Waals surface area (Å²) in [6, 6.07) is 6.21. The molecule has 0 bridgehead atoms. The van der Waals surface area contributed by atoms with Crippen molar-refractivity contribution in [2.45, 2.75) is 18.9 Å². The summed E-state index contributed by atoms with van der Waals surface area (Å²) in [7, 11) is 3.61. The second kappa shape index (κ2) is 6.57. The lowest BCUT2D eigenvalue weighted by atomic mass is 10.0. The highest BCUT2D eigenvalue weighted by Gasteiger charge is 2.12. The Morgan fingerprint density at radius 2 is 2.31 bits per heavy atom. The second-order valence-corrected chi connectivity index (χ2v) is 4.33. The van der Waals surface area contributed by atoms with E-state index in [-0.39, 0.29) is 6.04 Å². The van der Waals surface area contributed by atoms with Crippen LogP contribution in [-0.2, 0) is 0 Å². The van der Waals surface area contributed by atoms with Crippen LogP contribution in [0.4, 0.5) is 0 Å². The molecule has 1 N–H and O–H groups in total. The number of hydrogen-bond donors (Lipinski definition) is 1. The van der Waals surface area contributed by atoms with Crippen molar-refractivity contribution in [1.29, 1.82) is 0 Å². The molecular formula is C13H16BrNO. The molecule has 0 aromatic heterocycles. The molecule has 16 heavy (non-hydrogen) atoms. The average Bonchev–Trinajstić information content (AvgIpc) is 2.32. The molecule has 0 aliphatic heterocycles. The van der Waals surface area contributed by atoms with E-state index in [1.165, 1.54) is 5.56 Å². The largest absolute Gasteiger partial charge is 0.497 e. The highest BCUT2D eigenvalue weighted by molar-refractivity contribution is 9.10. The fourth-order valence-electron chi connectivity index (χ4n) is 1.60. The molecule has 1 rings (SSSR count). The van der Waals surface area contributed by atoms with Gasteiger partial charge in [-0.1, -0.05) is 15.9 Å². The van der Waals surface area contributed by atoms with Gasteiger partial charge < -0.3 is 10.1 Å². The van der Waals surface area contributed by atoms with E-state index in [2.05, 4.69) is 27.2 Å². The zero-order chi connectivity index (χ0) is 12.0. The number of ether oxygens (including phenoxy) is 1. The third-order valence-corrected chi connectivity index (χ3v) is 3.23.